The fourth-order valence-electron chi connectivity index (χ4n) is 3.68. The standard InChI is InChI=1S/C27H17Cl2FN2OS/c28-18-11-9-17(21(29)14-18)15-31-27(33)16-10-12-25-23(13-16)32-26(19-5-1-3-7-22(19)30)20-6-2-4-8-24(20)34-25/h1-14H,15H2,(H,31,33). The minimum atomic E-state index is -0.349. The van der Waals surface area contributed by atoms with Crippen molar-refractivity contribution in [2.75, 3.05) is 0 Å². The van der Waals surface area contributed by atoms with Crippen LogP contribution in [0.5, 0.6) is 0 Å². The molecule has 3 nitrogen and oxygen atoms in total. The maximum absolute atomic E-state index is 14.7. The van der Waals surface area contributed by atoms with Gasteiger partial charge in [-0.2, -0.15) is 0 Å². The first-order chi connectivity index (χ1) is 16.5. The molecule has 0 radical (unpaired) electrons. The van der Waals surface area contributed by atoms with Crippen molar-refractivity contribution in [3.63, 3.8) is 0 Å². The third kappa shape index (κ3) is 4.60. The molecule has 0 saturated heterocycles. The summed E-state index contributed by atoms with van der Waals surface area (Å²) in [6.45, 7) is 0.260. The van der Waals surface area contributed by atoms with E-state index >= 15 is 0 Å². The normalized spacial score (nSPS) is 12.3. The first kappa shape index (κ1) is 22.7. The fraction of sp³-hybridized carbons (Fsp3) is 0.0370. The number of hydrogen-bond donors (Lipinski definition) is 1. The van der Waals surface area contributed by atoms with Crippen LogP contribution in [0.1, 0.15) is 27.0 Å². The molecule has 168 valence electrons. The van der Waals surface area contributed by atoms with Gasteiger partial charge in [-0.05, 0) is 54.1 Å². The van der Waals surface area contributed by atoms with E-state index in [0.29, 0.717) is 32.6 Å². The van der Waals surface area contributed by atoms with E-state index in [-0.39, 0.29) is 18.3 Å². The zero-order valence-corrected chi connectivity index (χ0v) is 20.0. The van der Waals surface area contributed by atoms with Gasteiger partial charge in [-0.3, -0.25) is 4.79 Å². The zero-order valence-electron chi connectivity index (χ0n) is 17.7. The minimum Gasteiger partial charge on any atom is -0.348 e. The number of rotatable bonds is 4. The largest absolute Gasteiger partial charge is 0.348 e. The molecule has 1 heterocycles. The molecule has 1 N–H and O–H groups in total. The number of nitrogens with zero attached hydrogens (tertiary/aromatic N) is 1. The van der Waals surface area contributed by atoms with Gasteiger partial charge in [0.2, 0.25) is 0 Å². The molecule has 0 saturated carbocycles. The van der Waals surface area contributed by atoms with Gasteiger partial charge in [0.1, 0.15) is 5.82 Å². The van der Waals surface area contributed by atoms with Crippen LogP contribution >= 0.6 is 35.0 Å². The Bertz CT molecular complexity index is 1450. The number of carbonyl (C=O) groups excluding carboxylic acids is 1. The molecule has 7 heteroatoms. The second-order valence-corrected chi connectivity index (χ2v) is 9.57. The highest BCUT2D eigenvalue weighted by Crippen LogP contribution is 2.41. The quantitative estimate of drug-likeness (QED) is 0.271. The predicted octanol–water partition coefficient (Wildman–Crippen LogP) is 7.70. The lowest BCUT2D eigenvalue weighted by atomic mass is 10.0. The van der Waals surface area contributed by atoms with Gasteiger partial charge in [0.15, 0.2) is 0 Å². The Hall–Kier alpha value is -3.12. The van der Waals surface area contributed by atoms with Crippen LogP contribution in [0.15, 0.2) is 99.7 Å². The summed E-state index contributed by atoms with van der Waals surface area (Å²) in [6.07, 6.45) is 0. The molecule has 0 fully saturated rings. The van der Waals surface area contributed by atoms with Gasteiger partial charge in [0, 0.05) is 43.1 Å². The van der Waals surface area contributed by atoms with Crippen molar-refractivity contribution < 1.29 is 9.18 Å². The van der Waals surface area contributed by atoms with Crippen molar-refractivity contribution in [2.45, 2.75) is 16.3 Å². The molecule has 1 aliphatic rings. The van der Waals surface area contributed by atoms with E-state index in [1.54, 1.807) is 60.3 Å². The molecule has 0 aliphatic carbocycles. The molecule has 5 rings (SSSR count). The molecule has 0 unspecified atom stereocenters. The lowest BCUT2D eigenvalue weighted by Gasteiger charge is -2.10. The third-order valence-corrected chi connectivity index (χ3v) is 7.13. The maximum atomic E-state index is 14.7. The highest BCUT2D eigenvalue weighted by Gasteiger charge is 2.21. The van der Waals surface area contributed by atoms with E-state index in [9.17, 15) is 9.18 Å². The van der Waals surface area contributed by atoms with Crippen molar-refractivity contribution >= 4 is 52.3 Å². The van der Waals surface area contributed by atoms with Gasteiger partial charge in [-0.1, -0.05) is 71.4 Å². The Morgan fingerprint density at radius 2 is 1.65 bits per heavy atom. The number of amides is 1. The molecule has 0 bridgehead atoms. The van der Waals surface area contributed by atoms with Crippen molar-refractivity contribution in [3.05, 3.63) is 123 Å². The summed E-state index contributed by atoms with van der Waals surface area (Å²) < 4.78 is 14.7. The highest BCUT2D eigenvalue weighted by atomic mass is 35.5. The molecule has 1 aliphatic heterocycles. The maximum Gasteiger partial charge on any atom is 0.251 e. The highest BCUT2D eigenvalue weighted by molar-refractivity contribution is 7.99. The number of nitrogens with one attached hydrogen (secondary N) is 1. The Morgan fingerprint density at radius 1 is 0.882 bits per heavy atom. The fourth-order valence-corrected chi connectivity index (χ4v) is 5.16. The molecule has 0 atom stereocenters. The van der Waals surface area contributed by atoms with Crippen molar-refractivity contribution in [3.8, 4) is 0 Å². The van der Waals surface area contributed by atoms with E-state index in [4.69, 9.17) is 28.2 Å². The smallest absolute Gasteiger partial charge is 0.251 e. The van der Waals surface area contributed by atoms with Crippen molar-refractivity contribution in [2.24, 2.45) is 4.99 Å². The van der Waals surface area contributed by atoms with Crippen LogP contribution in [0.25, 0.3) is 0 Å². The topological polar surface area (TPSA) is 41.5 Å². The number of hydrogen-bond acceptors (Lipinski definition) is 3. The SMILES string of the molecule is O=C(NCc1ccc(Cl)cc1Cl)c1ccc2c(c1)N=C(c1ccccc1F)c1ccccc1S2. The zero-order chi connectivity index (χ0) is 23.7. The number of aliphatic imine (C=N–C) groups is 1. The summed E-state index contributed by atoms with van der Waals surface area (Å²) in [6, 6.07) is 24.9. The monoisotopic (exact) mass is 506 g/mol. The summed E-state index contributed by atoms with van der Waals surface area (Å²) in [5, 5.41) is 3.91. The van der Waals surface area contributed by atoms with Crippen LogP contribution in [-0.4, -0.2) is 11.6 Å². The molecule has 0 spiro atoms. The van der Waals surface area contributed by atoms with E-state index in [2.05, 4.69) is 5.32 Å². The minimum absolute atomic E-state index is 0.260. The molecule has 1 amide bonds. The number of carbonyl (C=O) groups is 1. The Labute approximate surface area is 210 Å². The van der Waals surface area contributed by atoms with Gasteiger partial charge in [0.25, 0.3) is 5.91 Å². The second kappa shape index (κ2) is 9.63. The number of benzene rings is 4. The van der Waals surface area contributed by atoms with E-state index in [0.717, 1.165) is 20.9 Å². The Morgan fingerprint density at radius 3 is 2.44 bits per heavy atom. The Kier molecular flexibility index (Phi) is 6.42. The first-order valence-corrected chi connectivity index (χ1v) is 12.0. The van der Waals surface area contributed by atoms with Crippen LogP contribution in [-0.2, 0) is 6.54 Å². The van der Waals surface area contributed by atoms with Crippen LogP contribution in [0.4, 0.5) is 10.1 Å². The number of halogens is 3. The van der Waals surface area contributed by atoms with Crippen LogP contribution < -0.4 is 5.32 Å². The van der Waals surface area contributed by atoms with Crippen LogP contribution in [0.2, 0.25) is 10.0 Å². The van der Waals surface area contributed by atoms with Gasteiger partial charge in [0.05, 0.1) is 11.4 Å². The summed E-state index contributed by atoms with van der Waals surface area (Å²) >= 11 is 13.7. The van der Waals surface area contributed by atoms with E-state index in [1.165, 1.54) is 6.07 Å². The third-order valence-electron chi connectivity index (χ3n) is 5.40. The van der Waals surface area contributed by atoms with E-state index < -0.39 is 0 Å². The lowest BCUT2D eigenvalue weighted by molar-refractivity contribution is 0.0951. The molecule has 34 heavy (non-hydrogen) atoms. The average molecular weight is 507 g/mol. The first-order valence-electron chi connectivity index (χ1n) is 10.5. The summed E-state index contributed by atoms with van der Waals surface area (Å²) in [4.78, 5) is 19.6. The molecule has 0 aromatic heterocycles. The summed E-state index contributed by atoms with van der Waals surface area (Å²) in [5.41, 5.74) is 3.61. The average Bonchev–Trinajstić information content (AvgIpc) is 3.00. The second-order valence-electron chi connectivity index (χ2n) is 7.64. The summed E-state index contributed by atoms with van der Waals surface area (Å²) in [5.74, 6) is -0.610. The van der Waals surface area contributed by atoms with Crippen molar-refractivity contribution in [1.29, 1.82) is 0 Å². The predicted molar refractivity (Wildman–Crippen MR) is 136 cm³/mol. The van der Waals surface area contributed by atoms with Gasteiger partial charge in [-0.25, -0.2) is 9.38 Å². The van der Waals surface area contributed by atoms with Gasteiger partial charge < -0.3 is 5.32 Å². The summed E-state index contributed by atoms with van der Waals surface area (Å²) in [7, 11) is 0. The Balaban J connectivity index is 1.50. The van der Waals surface area contributed by atoms with Crippen LogP contribution in [0.3, 0.4) is 0 Å². The lowest BCUT2D eigenvalue weighted by Crippen LogP contribution is -2.22. The van der Waals surface area contributed by atoms with Gasteiger partial charge in [-0.15, -0.1) is 0 Å². The van der Waals surface area contributed by atoms with Gasteiger partial charge >= 0.3 is 0 Å². The molecular formula is C27H17Cl2FN2OS. The van der Waals surface area contributed by atoms with Crippen LogP contribution in [0, 0.1) is 5.82 Å². The molecular weight excluding hydrogens is 490 g/mol. The van der Waals surface area contributed by atoms with E-state index in [1.807, 2.05) is 30.3 Å². The molecule has 4 aromatic rings. The van der Waals surface area contributed by atoms with Crippen molar-refractivity contribution in [1.82, 2.24) is 5.32 Å². The molecule has 4 aromatic carbocycles. The number of fused-ring (bicyclic) bond motifs is 2.